The SMILES string of the molecule is O=C(Nc1ccc2c(c1)CCCN2S(=O)(=O)c1ccccc1)NC(c1ccccc1)c1ccccc1. The average Bonchev–Trinajstić information content (AvgIpc) is 2.92. The van der Waals surface area contributed by atoms with Gasteiger partial charge in [-0.15, -0.1) is 0 Å². The minimum Gasteiger partial charge on any atom is -0.327 e. The predicted octanol–water partition coefficient (Wildman–Crippen LogP) is 5.74. The summed E-state index contributed by atoms with van der Waals surface area (Å²) in [6.45, 7) is 0.424. The molecule has 0 radical (unpaired) electrons. The Morgan fingerprint density at radius 3 is 1.97 bits per heavy atom. The molecule has 0 atom stereocenters. The smallest absolute Gasteiger partial charge is 0.319 e. The first-order valence-corrected chi connectivity index (χ1v) is 13.3. The molecule has 2 N–H and O–H groups in total. The number of amides is 2. The fourth-order valence-electron chi connectivity index (χ4n) is 4.56. The maximum absolute atomic E-state index is 13.2. The van der Waals surface area contributed by atoms with E-state index < -0.39 is 10.0 Å². The molecule has 0 saturated carbocycles. The number of carbonyl (C=O) groups is 1. The number of hydrogen-bond donors (Lipinski definition) is 2. The van der Waals surface area contributed by atoms with Crippen LogP contribution in [0.3, 0.4) is 0 Å². The average molecular weight is 498 g/mol. The summed E-state index contributed by atoms with van der Waals surface area (Å²) in [5, 5.41) is 6.01. The van der Waals surface area contributed by atoms with E-state index in [4.69, 9.17) is 0 Å². The Morgan fingerprint density at radius 2 is 1.36 bits per heavy atom. The number of rotatable bonds is 6. The van der Waals surface area contributed by atoms with Crippen molar-refractivity contribution in [3.05, 3.63) is 126 Å². The molecule has 0 bridgehead atoms. The molecule has 4 aromatic rings. The summed E-state index contributed by atoms with van der Waals surface area (Å²) >= 11 is 0. The van der Waals surface area contributed by atoms with Crippen LogP contribution >= 0.6 is 0 Å². The lowest BCUT2D eigenvalue weighted by Crippen LogP contribution is -2.36. The van der Waals surface area contributed by atoms with Gasteiger partial charge in [0.25, 0.3) is 10.0 Å². The molecule has 0 spiro atoms. The number of urea groups is 1. The van der Waals surface area contributed by atoms with Crippen molar-refractivity contribution in [2.45, 2.75) is 23.8 Å². The number of sulfonamides is 1. The normalized spacial score (nSPS) is 13.2. The molecule has 4 aromatic carbocycles. The largest absolute Gasteiger partial charge is 0.327 e. The van der Waals surface area contributed by atoms with Gasteiger partial charge in [0.1, 0.15) is 0 Å². The highest BCUT2D eigenvalue weighted by molar-refractivity contribution is 7.92. The first-order valence-electron chi connectivity index (χ1n) is 11.9. The van der Waals surface area contributed by atoms with Crippen molar-refractivity contribution in [2.24, 2.45) is 0 Å². The van der Waals surface area contributed by atoms with Gasteiger partial charge >= 0.3 is 6.03 Å². The van der Waals surface area contributed by atoms with Crippen LogP contribution in [0.5, 0.6) is 0 Å². The van der Waals surface area contributed by atoms with E-state index in [1.807, 2.05) is 66.7 Å². The number of hydrogen-bond acceptors (Lipinski definition) is 3. The maximum Gasteiger partial charge on any atom is 0.319 e. The monoisotopic (exact) mass is 497 g/mol. The molecule has 36 heavy (non-hydrogen) atoms. The van der Waals surface area contributed by atoms with Crippen LogP contribution in [0.25, 0.3) is 0 Å². The summed E-state index contributed by atoms with van der Waals surface area (Å²) in [5.74, 6) is 0. The summed E-state index contributed by atoms with van der Waals surface area (Å²) in [7, 11) is -3.65. The molecule has 0 unspecified atom stereocenters. The second kappa shape index (κ2) is 10.3. The van der Waals surface area contributed by atoms with E-state index in [9.17, 15) is 13.2 Å². The van der Waals surface area contributed by atoms with Crippen LogP contribution in [0.2, 0.25) is 0 Å². The van der Waals surface area contributed by atoms with Crippen LogP contribution in [0.15, 0.2) is 114 Å². The molecule has 2 amide bonds. The summed E-state index contributed by atoms with van der Waals surface area (Å²) in [6, 6.07) is 32.8. The van der Waals surface area contributed by atoms with Gasteiger partial charge in [0.15, 0.2) is 0 Å². The molecule has 1 aliphatic rings. The highest BCUT2D eigenvalue weighted by atomic mass is 32.2. The van der Waals surface area contributed by atoms with Crippen LogP contribution in [-0.2, 0) is 16.4 Å². The van der Waals surface area contributed by atoms with Gasteiger partial charge in [-0.05, 0) is 59.9 Å². The standard InChI is InChI=1S/C29H27N3O3S/c33-29(31-28(22-11-4-1-5-12-22)23-13-6-2-7-14-23)30-25-18-19-27-24(21-25)15-10-20-32(27)36(34,35)26-16-8-3-9-17-26/h1-9,11-14,16-19,21,28H,10,15,20H2,(H2,30,31,33). The molecule has 0 aromatic heterocycles. The van der Waals surface area contributed by atoms with Gasteiger partial charge in [0, 0.05) is 12.2 Å². The summed E-state index contributed by atoms with van der Waals surface area (Å²) in [6.07, 6.45) is 1.45. The van der Waals surface area contributed by atoms with Gasteiger partial charge in [-0.1, -0.05) is 78.9 Å². The Hall–Kier alpha value is -4.10. The lowest BCUT2D eigenvalue weighted by Gasteiger charge is -2.31. The van der Waals surface area contributed by atoms with Gasteiger partial charge in [0.05, 0.1) is 16.6 Å². The van der Waals surface area contributed by atoms with Crippen molar-refractivity contribution in [2.75, 3.05) is 16.2 Å². The zero-order chi connectivity index (χ0) is 25.0. The van der Waals surface area contributed by atoms with Crippen LogP contribution in [0, 0.1) is 0 Å². The molecule has 0 saturated heterocycles. The van der Waals surface area contributed by atoms with Gasteiger partial charge in [-0.2, -0.15) is 0 Å². The number of nitrogens with zero attached hydrogens (tertiary/aromatic N) is 1. The molecule has 1 heterocycles. The van der Waals surface area contributed by atoms with E-state index in [2.05, 4.69) is 10.6 Å². The van der Waals surface area contributed by atoms with Crippen LogP contribution in [0.1, 0.15) is 29.2 Å². The van der Waals surface area contributed by atoms with Crippen LogP contribution in [0.4, 0.5) is 16.2 Å². The van der Waals surface area contributed by atoms with Gasteiger partial charge in [-0.3, -0.25) is 4.31 Å². The van der Waals surface area contributed by atoms with Gasteiger partial charge in [0.2, 0.25) is 0 Å². The molecule has 7 heteroatoms. The molecule has 0 aliphatic carbocycles. The van der Waals surface area contributed by atoms with Crippen molar-refractivity contribution in [1.29, 1.82) is 0 Å². The summed E-state index contributed by atoms with van der Waals surface area (Å²) < 4.78 is 28.0. The third-order valence-electron chi connectivity index (χ3n) is 6.29. The highest BCUT2D eigenvalue weighted by Gasteiger charge is 2.29. The van der Waals surface area contributed by atoms with Gasteiger partial charge < -0.3 is 10.6 Å². The van der Waals surface area contributed by atoms with E-state index >= 15 is 0 Å². The van der Waals surface area contributed by atoms with E-state index in [1.165, 1.54) is 4.31 Å². The highest BCUT2D eigenvalue weighted by Crippen LogP contribution is 2.34. The van der Waals surface area contributed by atoms with Gasteiger partial charge in [-0.25, -0.2) is 13.2 Å². The number of carbonyl (C=O) groups excluding carboxylic acids is 1. The zero-order valence-corrected chi connectivity index (χ0v) is 20.5. The minimum atomic E-state index is -3.65. The Labute approximate surface area is 211 Å². The molecule has 5 rings (SSSR count). The third-order valence-corrected chi connectivity index (χ3v) is 8.11. The van der Waals surface area contributed by atoms with Crippen LogP contribution < -0.4 is 14.9 Å². The second-order valence-electron chi connectivity index (χ2n) is 8.69. The fraction of sp³-hybridized carbons (Fsp3) is 0.138. The van der Waals surface area contributed by atoms with E-state index in [0.29, 0.717) is 24.3 Å². The van der Waals surface area contributed by atoms with Crippen LogP contribution in [-0.4, -0.2) is 21.0 Å². The number of nitrogens with one attached hydrogen (secondary N) is 2. The third kappa shape index (κ3) is 4.97. The Morgan fingerprint density at radius 1 is 0.778 bits per heavy atom. The number of anilines is 2. The fourth-order valence-corrected chi connectivity index (χ4v) is 6.12. The molecular weight excluding hydrogens is 470 g/mol. The number of fused-ring (bicyclic) bond motifs is 1. The summed E-state index contributed by atoms with van der Waals surface area (Å²) in [5.41, 5.74) is 4.12. The summed E-state index contributed by atoms with van der Waals surface area (Å²) in [4.78, 5) is 13.3. The Kier molecular flexibility index (Phi) is 6.73. The van der Waals surface area contributed by atoms with E-state index in [1.54, 1.807) is 42.5 Å². The Balaban J connectivity index is 1.36. The van der Waals surface area contributed by atoms with E-state index in [0.717, 1.165) is 23.1 Å². The molecule has 6 nitrogen and oxygen atoms in total. The molecule has 0 fully saturated rings. The zero-order valence-electron chi connectivity index (χ0n) is 19.7. The molecule has 1 aliphatic heterocycles. The lowest BCUT2D eigenvalue weighted by atomic mass is 9.99. The second-order valence-corrected chi connectivity index (χ2v) is 10.6. The quantitative estimate of drug-likeness (QED) is 0.357. The Bertz CT molecular complexity index is 1400. The van der Waals surface area contributed by atoms with Crippen molar-refractivity contribution in [1.82, 2.24) is 5.32 Å². The van der Waals surface area contributed by atoms with Crippen molar-refractivity contribution < 1.29 is 13.2 Å². The first-order chi connectivity index (χ1) is 17.5. The number of aryl methyl sites for hydroxylation is 1. The molecule has 182 valence electrons. The van der Waals surface area contributed by atoms with Crippen molar-refractivity contribution in [3.63, 3.8) is 0 Å². The minimum absolute atomic E-state index is 0.271. The molecular formula is C29H27N3O3S. The first kappa shape index (κ1) is 23.6. The van der Waals surface area contributed by atoms with Crippen molar-refractivity contribution in [3.8, 4) is 0 Å². The predicted molar refractivity (Wildman–Crippen MR) is 143 cm³/mol. The van der Waals surface area contributed by atoms with Crippen molar-refractivity contribution >= 4 is 27.4 Å². The topological polar surface area (TPSA) is 78.5 Å². The number of benzene rings is 4. The van der Waals surface area contributed by atoms with E-state index in [-0.39, 0.29) is 17.0 Å². The lowest BCUT2D eigenvalue weighted by molar-refractivity contribution is 0.250. The maximum atomic E-state index is 13.2.